The topological polar surface area (TPSA) is 125 Å². The second-order valence-electron chi connectivity index (χ2n) is 7.65. The summed E-state index contributed by atoms with van der Waals surface area (Å²) in [5.74, 6) is 0. The Kier molecular flexibility index (Phi) is 9.06. The Balaban J connectivity index is 1.53. The van der Waals surface area contributed by atoms with E-state index in [1.807, 2.05) is 0 Å². The van der Waals surface area contributed by atoms with Crippen molar-refractivity contribution in [1.29, 1.82) is 0 Å². The zero-order valence-electron chi connectivity index (χ0n) is 15.1. The molecule has 7 N–H and O–H groups in total. The van der Waals surface area contributed by atoms with Crippen molar-refractivity contribution in [3.05, 3.63) is 0 Å². The SMILES string of the molecule is OC[C@H]1N[C@H](CCCCCC[C@H](O)[C@@H](O)C2CCCCN2)[C@@H](O)[C@@H]1O. The highest BCUT2D eigenvalue weighted by Crippen LogP contribution is 2.20. The molecule has 2 aliphatic heterocycles. The van der Waals surface area contributed by atoms with Crippen LogP contribution in [-0.4, -0.2) is 81.2 Å². The first kappa shape index (κ1) is 21.0. The summed E-state index contributed by atoms with van der Waals surface area (Å²) < 4.78 is 0. The summed E-state index contributed by atoms with van der Waals surface area (Å²) in [7, 11) is 0. The fourth-order valence-corrected chi connectivity index (χ4v) is 4.04. The van der Waals surface area contributed by atoms with Gasteiger partial charge in [0.1, 0.15) is 0 Å². The molecule has 1 unspecified atom stereocenters. The van der Waals surface area contributed by atoms with Crippen molar-refractivity contribution in [3.8, 4) is 0 Å². The summed E-state index contributed by atoms with van der Waals surface area (Å²) >= 11 is 0. The summed E-state index contributed by atoms with van der Waals surface area (Å²) in [6, 6.07) is -0.591. The maximum atomic E-state index is 10.2. The van der Waals surface area contributed by atoms with Gasteiger partial charge in [0.2, 0.25) is 0 Å². The quantitative estimate of drug-likeness (QED) is 0.256. The predicted octanol–water partition coefficient (Wildman–Crippen LogP) is -0.755. The third kappa shape index (κ3) is 6.13. The van der Waals surface area contributed by atoms with Crippen LogP contribution in [0.3, 0.4) is 0 Å². The molecular weight excluding hydrogens is 324 g/mol. The first-order chi connectivity index (χ1) is 12.0. The first-order valence-corrected chi connectivity index (χ1v) is 9.87. The smallest absolute Gasteiger partial charge is 0.0989 e. The lowest BCUT2D eigenvalue weighted by atomic mass is 9.94. The average Bonchev–Trinajstić information content (AvgIpc) is 2.92. The molecule has 25 heavy (non-hydrogen) atoms. The maximum Gasteiger partial charge on any atom is 0.0989 e. The highest BCUT2D eigenvalue weighted by molar-refractivity contribution is 4.97. The molecule has 7 nitrogen and oxygen atoms in total. The Hall–Kier alpha value is -0.280. The van der Waals surface area contributed by atoms with E-state index in [1.54, 1.807) is 0 Å². The molecule has 0 aromatic rings. The molecule has 0 saturated carbocycles. The molecule has 2 aliphatic rings. The maximum absolute atomic E-state index is 10.2. The third-order valence-corrected chi connectivity index (χ3v) is 5.72. The molecule has 0 aliphatic carbocycles. The van der Waals surface area contributed by atoms with E-state index in [0.29, 0.717) is 6.42 Å². The summed E-state index contributed by atoms with van der Waals surface area (Å²) in [5.41, 5.74) is 0. The molecule has 0 spiro atoms. The van der Waals surface area contributed by atoms with Crippen LogP contribution in [0.15, 0.2) is 0 Å². The van der Waals surface area contributed by atoms with Crippen LogP contribution in [0.5, 0.6) is 0 Å². The lowest BCUT2D eigenvalue weighted by Gasteiger charge is -2.30. The van der Waals surface area contributed by atoms with E-state index in [-0.39, 0.29) is 18.7 Å². The van der Waals surface area contributed by atoms with Crippen LogP contribution in [0.4, 0.5) is 0 Å². The molecule has 2 heterocycles. The number of unbranched alkanes of at least 4 members (excludes halogenated alkanes) is 3. The standard InChI is InChI=1S/C18H36N2O5/c21-11-14-18(25)17(24)13(20-14)8-3-1-2-4-9-15(22)16(23)12-7-5-6-10-19-12/h12-25H,1-11H2/t12?,13-,14-,15+,16+,17-,18-/m1/s1. The van der Waals surface area contributed by atoms with E-state index in [2.05, 4.69) is 10.6 Å². The van der Waals surface area contributed by atoms with Gasteiger partial charge in [0.05, 0.1) is 37.1 Å². The monoisotopic (exact) mass is 360 g/mol. The van der Waals surface area contributed by atoms with Crippen molar-refractivity contribution in [3.63, 3.8) is 0 Å². The number of aliphatic hydroxyl groups excluding tert-OH is 5. The molecule has 2 rings (SSSR count). The van der Waals surface area contributed by atoms with Gasteiger partial charge in [-0.05, 0) is 32.2 Å². The van der Waals surface area contributed by atoms with Gasteiger partial charge in [-0.1, -0.05) is 32.1 Å². The second kappa shape index (κ2) is 10.8. The van der Waals surface area contributed by atoms with Crippen LogP contribution < -0.4 is 10.6 Å². The number of nitrogens with one attached hydrogen (secondary N) is 2. The predicted molar refractivity (Wildman–Crippen MR) is 95.2 cm³/mol. The number of rotatable bonds is 10. The fraction of sp³-hybridized carbons (Fsp3) is 1.00. The highest BCUT2D eigenvalue weighted by Gasteiger charge is 2.39. The van der Waals surface area contributed by atoms with E-state index >= 15 is 0 Å². The van der Waals surface area contributed by atoms with Gasteiger partial charge in [-0.25, -0.2) is 0 Å². The van der Waals surface area contributed by atoms with E-state index in [0.717, 1.165) is 57.9 Å². The Morgan fingerprint density at radius 1 is 0.920 bits per heavy atom. The van der Waals surface area contributed by atoms with E-state index in [4.69, 9.17) is 5.11 Å². The highest BCUT2D eigenvalue weighted by atomic mass is 16.3. The summed E-state index contributed by atoms with van der Waals surface area (Å²) in [5, 5.41) is 55.5. The van der Waals surface area contributed by atoms with Crippen molar-refractivity contribution < 1.29 is 25.5 Å². The van der Waals surface area contributed by atoms with Gasteiger partial charge in [0.25, 0.3) is 0 Å². The Morgan fingerprint density at radius 3 is 2.28 bits per heavy atom. The van der Waals surface area contributed by atoms with E-state index < -0.39 is 30.5 Å². The Labute approximate surface area is 150 Å². The molecule has 2 fully saturated rings. The third-order valence-electron chi connectivity index (χ3n) is 5.72. The Bertz CT molecular complexity index is 367. The van der Waals surface area contributed by atoms with Gasteiger partial charge in [0.15, 0.2) is 0 Å². The summed E-state index contributed by atoms with van der Waals surface area (Å²) in [6.07, 6.45) is 5.19. The van der Waals surface area contributed by atoms with E-state index in [1.165, 1.54) is 0 Å². The van der Waals surface area contributed by atoms with Crippen molar-refractivity contribution in [2.75, 3.05) is 13.2 Å². The number of aliphatic hydroxyl groups is 5. The fourth-order valence-electron chi connectivity index (χ4n) is 4.04. The number of hydrogen-bond acceptors (Lipinski definition) is 7. The van der Waals surface area contributed by atoms with Crippen LogP contribution in [0, 0.1) is 0 Å². The lowest BCUT2D eigenvalue weighted by molar-refractivity contribution is -0.0145. The first-order valence-electron chi connectivity index (χ1n) is 9.87. The zero-order chi connectivity index (χ0) is 18.2. The van der Waals surface area contributed by atoms with Crippen molar-refractivity contribution in [2.24, 2.45) is 0 Å². The Morgan fingerprint density at radius 2 is 1.64 bits per heavy atom. The van der Waals surface area contributed by atoms with E-state index in [9.17, 15) is 20.4 Å². The normalized spacial score (nSPS) is 35.6. The lowest BCUT2D eigenvalue weighted by Crippen LogP contribution is -2.48. The van der Waals surface area contributed by atoms with Crippen molar-refractivity contribution in [2.45, 2.75) is 100 Å². The zero-order valence-corrected chi connectivity index (χ0v) is 15.1. The average molecular weight is 360 g/mol. The van der Waals surface area contributed by atoms with Crippen LogP contribution in [0.1, 0.15) is 57.8 Å². The van der Waals surface area contributed by atoms with Gasteiger partial charge in [0, 0.05) is 12.1 Å². The molecule has 0 aromatic carbocycles. The number of hydrogen-bond donors (Lipinski definition) is 7. The van der Waals surface area contributed by atoms with Gasteiger partial charge < -0.3 is 36.2 Å². The molecule has 7 atom stereocenters. The minimum atomic E-state index is -0.903. The molecule has 0 bridgehead atoms. The molecule has 7 heteroatoms. The van der Waals surface area contributed by atoms with Gasteiger partial charge in [-0.15, -0.1) is 0 Å². The molecule has 0 amide bonds. The largest absolute Gasteiger partial charge is 0.395 e. The van der Waals surface area contributed by atoms with Crippen molar-refractivity contribution in [1.82, 2.24) is 10.6 Å². The second-order valence-corrected chi connectivity index (χ2v) is 7.65. The number of piperidine rings is 1. The molecule has 0 radical (unpaired) electrons. The van der Waals surface area contributed by atoms with Gasteiger partial charge in [-0.2, -0.15) is 0 Å². The van der Waals surface area contributed by atoms with Crippen LogP contribution in [-0.2, 0) is 0 Å². The van der Waals surface area contributed by atoms with Gasteiger partial charge >= 0.3 is 0 Å². The minimum absolute atomic E-state index is 0.0181. The summed E-state index contributed by atoms with van der Waals surface area (Å²) in [6.45, 7) is 0.742. The van der Waals surface area contributed by atoms with Crippen molar-refractivity contribution >= 4 is 0 Å². The minimum Gasteiger partial charge on any atom is -0.395 e. The molecular formula is C18H36N2O5. The molecule has 2 saturated heterocycles. The van der Waals surface area contributed by atoms with Crippen LogP contribution in [0.25, 0.3) is 0 Å². The van der Waals surface area contributed by atoms with Crippen LogP contribution in [0.2, 0.25) is 0 Å². The molecule has 0 aromatic heterocycles. The summed E-state index contributed by atoms with van der Waals surface area (Å²) in [4.78, 5) is 0. The van der Waals surface area contributed by atoms with Crippen LogP contribution >= 0.6 is 0 Å². The molecule has 148 valence electrons. The van der Waals surface area contributed by atoms with Gasteiger partial charge in [-0.3, -0.25) is 0 Å².